The van der Waals surface area contributed by atoms with Crippen LogP contribution in [0, 0.1) is 0 Å². The Bertz CT molecular complexity index is 456. The lowest BCUT2D eigenvalue weighted by molar-refractivity contribution is -0.133. The van der Waals surface area contributed by atoms with Crippen LogP contribution in [0.4, 0.5) is 0 Å². The Morgan fingerprint density at radius 1 is 1.21 bits per heavy atom. The van der Waals surface area contributed by atoms with Gasteiger partial charge in [0.2, 0.25) is 5.91 Å². The van der Waals surface area contributed by atoms with Crippen LogP contribution >= 0.6 is 15.9 Å². The van der Waals surface area contributed by atoms with Crippen LogP contribution in [0.2, 0.25) is 0 Å². The molecule has 0 bridgehead atoms. The second kappa shape index (κ2) is 6.85. The van der Waals surface area contributed by atoms with Gasteiger partial charge in [0.25, 0.3) is 0 Å². The Morgan fingerprint density at radius 3 is 2.63 bits per heavy atom. The van der Waals surface area contributed by atoms with Crippen molar-refractivity contribution in [3.05, 3.63) is 34.3 Å². The molecule has 1 saturated heterocycles. The number of ketones is 1. The standard InChI is InChI=1S/C15H18BrNO2/c16-13-8-6-12(7-9-13)14(18)4-3-11-17-10-2-1-5-15(17)19/h6-9H,1-5,10-11H2. The maximum absolute atomic E-state index is 12.0. The fraction of sp³-hybridized carbons (Fsp3) is 0.467. The maximum atomic E-state index is 12.0. The molecule has 0 unspecified atom stereocenters. The van der Waals surface area contributed by atoms with Crippen molar-refractivity contribution in [1.82, 2.24) is 4.90 Å². The lowest BCUT2D eigenvalue weighted by atomic mass is 10.1. The summed E-state index contributed by atoms with van der Waals surface area (Å²) in [5, 5.41) is 0. The molecule has 1 aromatic carbocycles. The second-order valence-corrected chi connectivity index (χ2v) is 5.79. The van der Waals surface area contributed by atoms with Crippen molar-refractivity contribution >= 4 is 27.6 Å². The smallest absolute Gasteiger partial charge is 0.222 e. The van der Waals surface area contributed by atoms with Crippen LogP contribution in [-0.4, -0.2) is 29.7 Å². The number of likely N-dealkylation sites (tertiary alicyclic amines) is 1. The Kier molecular flexibility index (Phi) is 5.14. The van der Waals surface area contributed by atoms with Gasteiger partial charge in [-0.25, -0.2) is 0 Å². The van der Waals surface area contributed by atoms with Gasteiger partial charge in [0.1, 0.15) is 0 Å². The van der Waals surface area contributed by atoms with E-state index in [4.69, 9.17) is 0 Å². The van der Waals surface area contributed by atoms with Crippen molar-refractivity contribution in [2.45, 2.75) is 32.1 Å². The molecule has 1 aromatic rings. The molecular weight excluding hydrogens is 306 g/mol. The highest BCUT2D eigenvalue weighted by Gasteiger charge is 2.17. The molecule has 0 saturated carbocycles. The molecule has 0 atom stereocenters. The zero-order valence-corrected chi connectivity index (χ0v) is 12.5. The van der Waals surface area contributed by atoms with Crippen LogP contribution < -0.4 is 0 Å². The molecule has 0 N–H and O–H groups in total. The van der Waals surface area contributed by atoms with Gasteiger partial charge in [0.05, 0.1) is 0 Å². The summed E-state index contributed by atoms with van der Waals surface area (Å²) in [5.41, 5.74) is 0.744. The third-order valence-electron chi connectivity index (χ3n) is 3.42. The van der Waals surface area contributed by atoms with Gasteiger partial charge < -0.3 is 4.90 Å². The van der Waals surface area contributed by atoms with E-state index in [1.54, 1.807) is 0 Å². The largest absolute Gasteiger partial charge is 0.343 e. The third kappa shape index (κ3) is 4.16. The first kappa shape index (κ1) is 14.3. The van der Waals surface area contributed by atoms with Crippen molar-refractivity contribution in [3.8, 4) is 0 Å². The van der Waals surface area contributed by atoms with E-state index in [1.807, 2.05) is 29.2 Å². The minimum Gasteiger partial charge on any atom is -0.343 e. The van der Waals surface area contributed by atoms with Crippen molar-refractivity contribution in [2.75, 3.05) is 13.1 Å². The number of amides is 1. The Morgan fingerprint density at radius 2 is 1.95 bits per heavy atom. The predicted molar refractivity (Wildman–Crippen MR) is 78.1 cm³/mol. The van der Waals surface area contributed by atoms with Gasteiger partial charge in [-0.05, 0) is 31.4 Å². The number of Topliss-reactive ketones (excluding diaryl/α,β-unsaturated/α-hetero) is 1. The second-order valence-electron chi connectivity index (χ2n) is 4.87. The van der Waals surface area contributed by atoms with Gasteiger partial charge in [-0.3, -0.25) is 9.59 Å². The first-order chi connectivity index (χ1) is 9.16. The van der Waals surface area contributed by atoms with E-state index in [2.05, 4.69) is 15.9 Å². The molecule has 19 heavy (non-hydrogen) atoms. The van der Waals surface area contributed by atoms with Gasteiger partial charge in [-0.2, -0.15) is 0 Å². The molecule has 0 radical (unpaired) electrons. The van der Waals surface area contributed by atoms with Gasteiger partial charge in [0.15, 0.2) is 5.78 Å². The summed E-state index contributed by atoms with van der Waals surface area (Å²) < 4.78 is 0.975. The van der Waals surface area contributed by atoms with E-state index < -0.39 is 0 Å². The van der Waals surface area contributed by atoms with Gasteiger partial charge in [-0.1, -0.05) is 28.1 Å². The van der Waals surface area contributed by atoms with Crippen LogP contribution in [0.1, 0.15) is 42.5 Å². The first-order valence-corrected chi connectivity index (χ1v) is 7.52. The lowest BCUT2D eigenvalue weighted by Crippen LogP contribution is -2.36. The van der Waals surface area contributed by atoms with E-state index in [1.165, 1.54) is 0 Å². The maximum Gasteiger partial charge on any atom is 0.222 e. The summed E-state index contributed by atoms with van der Waals surface area (Å²) in [5.74, 6) is 0.388. The topological polar surface area (TPSA) is 37.4 Å². The number of carbonyl (C=O) groups excluding carboxylic acids is 2. The number of hydrogen-bond acceptors (Lipinski definition) is 2. The molecule has 0 aliphatic carbocycles. The number of benzene rings is 1. The quantitative estimate of drug-likeness (QED) is 0.778. The summed E-state index contributed by atoms with van der Waals surface area (Å²) in [6.07, 6.45) is 4.02. The molecule has 0 spiro atoms. The monoisotopic (exact) mass is 323 g/mol. The highest BCUT2D eigenvalue weighted by Crippen LogP contribution is 2.14. The number of piperidine rings is 1. The summed E-state index contributed by atoms with van der Waals surface area (Å²) in [4.78, 5) is 25.5. The van der Waals surface area contributed by atoms with Crippen LogP contribution in [0.15, 0.2) is 28.7 Å². The van der Waals surface area contributed by atoms with Gasteiger partial charge >= 0.3 is 0 Å². The van der Waals surface area contributed by atoms with E-state index in [-0.39, 0.29) is 11.7 Å². The van der Waals surface area contributed by atoms with Gasteiger partial charge in [-0.15, -0.1) is 0 Å². The van der Waals surface area contributed by atoms with Crippen LogP contribution in [-0.2, 0) is 4.79 Å². The van der Waals surface area contributed by atoms with Gasteiger partial charge in [0, 0.05) is 36.0 Å². The Labute approximate surface area is 122 Å². The van der Waals surface area contributed by atoms with Crippen molar-refractivity contribution in [1.29, 1.82) is 0 Å². The zero-order chi connectivity index (χ0) is 13.7. The Hall–Kier alpha value is -1.16. The third-order valence-corrected chi connectivity index (χ3v) is 3.95. The van der Waals surface area contributed by atoms with Crippen molar-refractivity contribution in [3.63, 3.8) is 0 Å². The molecule has 102 valence electrons. The van der Waals surface area contributed by atoms with E-state index >= 15 is 0 Å². The fourth-order valence-corrected chi connectivity index (χ4v) is 2.57. The molecular formula is C15H18BrNO2. The fourth-order valence-electron chi connectivity index (χ4n) is 2.31. The lowest BCUT2D eigenvalue weighted by Gasteiger charge is -2.26. The van der Waals surface area contributed by atoms with Crippen LogP contribution in [0.25, 0.3) is 0 Å². The summed E-state index contributed by atoms with van der Waals surface area (Å²) in [6.45, 7) is 1.56. The molecule has 1 aliphatic heterocycles. The number of rotatable bonds is 5. The SMILES string of the molecule is O=C(CCCN1CCCCC1=O)c1ccc(Br)cc1. The first-order valence-electron chi connectivity index (χ1n) is 6.73. The average Bonchev–Trinajstić information content (AvgIpc) is 2.41. The number of hydrogen-bond donors (Lipinski definition) is 0. The minimum atomic E-state index is 0.150. The van der Waals surface area contributed by atoms with Crippen LogP contribution in [0.3, 0.4) is 0 Å². The van der Waals surface area contributed by atoms with E-state index in [0.717, 1.165) is 35.8 Å². The average molecular weight is 324 g/mol. The molecule has 1 heterocycles. The van der Waals surface area contributed by atoms with E-state index in [9.17, 15) is 9.59 Å². The molecule has 3 nitrogen and oxygen atoms in total. The highest BCUT2D eigenvalue weighted by atomic mass is 79.9. The highest BCUT2D eigenvalue weighted by molar-refractivity contribution is 9.10. The molecule has 0 aromatic heterocycles. The number of nitrogens with zero attached hydrogens (tertiary/aromatic N) is 1. The molecule has 2 rings (SSSR count). The Balaban J connectivity index is 1.77. The normalized spacial score (nSPS) is 15.6. The zero-order valence-electron chi connectivity index (χ0n) is 10.9. The number of carbonyl (C=O) groups is 2. The minimum absolute atomic E-state index is 0.150. The predicted octanol–water partition coefficient (Wildman–Crippen LogP) is 3.42. The molecule has 1 amide bonds. The summed E-state index contributed by atoms with van der Waals surface area (Å²) in [7, 11) is 0. The molecule has 1 fully saturated rings. The van der Waals surface area contributed by atoms with E-state index in [0.29, 0.717) is 19.4 Å². The van der Waals surface area contributed by atoms with Crippen LogP contribution in [0.5, 0.6) is 0 Å². The van der Waals surface area contributed by atoms with Crippen molar-refractivity contribution in [2.24, 2.45) is 0 Å². The molecule has 1 aliphatic rings. The number of halogens is 1. The summed E-state index contributed by atoms with van der Waals surface area (Å²) in [6, 6.07) is 7.42. The van der Waals surface area contributed by atoms with Crippen molar-refractivity contribution < 1.29 is 9.59 Å². The molecule has 4 heteroatoms. The summed E-state index contributed by atoms with van der Waals surface area (Å²) >= 11 is 3.35.